The van der Waals surface area contributed by atoms with E-state index < -0.39 is 0 Å². The molecule has 2 fully saturated rings. The summed E-state index contributed by atoms with van der Waals surface area (Å²) >= 11 is 0. The van der Waals surface area contributed by atoms with Crippen molar-refractivity contribution in [2.24, 2.45) is 5.41 Å². The highest BCUT2D eigenvalue weighted by Gasteiger charge is 2.61. The van der Waals surface area contributed by atoms with Crippen LogP contribution in [0.5, 0.6) is 0 Å². The van der Waals surface area contributed by atoms with Crippen LogP contribution in [0.4, 0.5) is 0 Å². The molecule has 2 aliphatic rings. The molecule has 1 aliphatic carbocycles. The quantitative estimate of drug-likeness (QED) is 0.537. The van der Waals surface area contributed by atoms with E-state index in [0.29, 0.717) is 0 Å². The standard InChI is InChI=1S/C9H16O2/c1-8(2)4-6(10)7-9(3,5-8)11-7/h6-7,10H,4-5H2,1-3H3/t6-,7-,9+/m0/s1. The number of hydrogen-bond donors (Lipinski definition) is 1. The number of fused-ring (bicyclic) bond motifs is 1. The van der Waals surface area contributed by atoms with Gasteiger partial charge in [0.25, 0.3) is 0 Å². The fraction of sp³-hybridized carbons (Fsp3) is 1.00. The van der Waals surface area contributed by atoms with Gasteiger partial charge in [-0.1, -0.05) is 13.8 Å². The molecule has 64 valence electrons. The molecule has 1 aliphatic heterocycles. The molecule has 0 spiro atoms. The van der Waals surface area contributed by atoms with Gasteiger partial charge in [0.1, 0.15) is 6.10 Å². The zero-order valence-electron chi connectivity index (χ0n) is 7.42. The predicted molar refractivity (Wildman–Crippen MR) is 42.3 cm³/mol. The summed E-state index contributed by atoms with van der Waals surface area (Å²) in [6.07, 6.45) is 1.87. The lowest BCUT2D eigenvalue weighted by molar-refractivity contribution is 0.0705. The van der Waals surface area contributed by atoms with Crippen molar-refractivity contribution in [1.82, 2.24) is 0 Å². The van der Waals surface area contributed by atoms with Gasteiger partial charge in [-0.2, -0.15) is 0 Å². The van der Waals surface area contributed by atoms with E-state index in [1.54, 1.807) is 0 Å². The summed E-state index contributed by atoms with van der Waals surface area (Å²) in [5.41, 5.74) is 0.252. The Morgan fingerprint density at radius 3 is 2.55 bits per heavy atom. The van der Waals surface area contributed by atoms with E-state index in [-0.39, 0.29) is 23.2 Å². The topological polar surface area (TPSA) is 32.8 Å². The largest absolute Gasteiger partial charge is 0.390 e. The van der Waals surface area contributed by atoms with Crippen LogP contribution in [0.15, 0.2) is 0 Å². The second-order valence-electron chi connectivity index (χ2n) is 4.96. The monoisotopic (exact) mass is 156 g/mol. The molecule has 0 radical (unpaired) electrons. The lowest BCUT2D eigenvalue weighted by atomic mass is 9.71. The fourth-order valence-corrected chi connectivity index (χ4v) is 2.58. The van der Waals surface area contributed by atoms with Crippen molar-refractivity contribution < 1.29 is 9.84 Å². The number of aliphatic hydroxyl groups is 1. The third kappa shape index (κ3) is 1.09. The molecule has 1 N–H and O–H groups in total. The molecule has 1 saturated heterocycles. The van der Waals surface area contributed by atoms with Crippen LogP contribution >= 0.6 is 0 Å². The molecule has 11 heavy (non-hydrogen) atoms. The van der Waals surface area contributed by atoms with Crippen LogP contribution in [0.1, 0.15) is 33.6 Å². The van der Waals surface area contributed by atoms with Crippen molar-refractivity contribution in [1.29, 1.82) is 0 Å². The van der Waals surface area contributed by atoms with Crippen LogP contribution in [0.2, 0.25) is 0 Å². The third-order valence-electron chi connectivity index (χ3n) is 2.88. The molecule has 0 bridgehead atoms. The molecule has 0 aromatic heterocycles. The minimum absolute atomic E-state index is 0.00116. The predicted octanol–water partition coefficient (Wildman–Crippen LogP) is 1.32. The van der Waals surface area contributed by atoms with E-state index in [0.717, 1.165) is 12.8 Å². The van der Waals surface area contributed by atoms with Gasteiger partial charge in [-0.05, 0) is 25.2 Å². The average molecular weight is 156 g/mol. The summed E-state index contributed by atoms with van der Waals surface area (Å²) in [6.45, 7) is 6.49. The number of aliphatic hydroxyl groups excluding tert-OH is 1. The van der Waals surface area contributed by atoms with Crippen LogP contribution < -0.4 is 0 Å². The van der Waals surface area contributed by atoms with E-state index >= 15 is 0 Å². The molecule has 0 unspecified atom stereocenters. The lowest BCUT2D eigenvalue weighted by Gasteiger charge is -2.33. The highest BCUT2D eigenvalue weighted by molar-refractivity contribution is 5.10. The summed E-state index contributed by atoms with van der Waals surface area (Å²) in [5, 5.41) is 9.60. The highest BCUT2D eigenvalue weighted by Crippen LogP contribution is 2.53. The molecule has 0 aromatic rings. The Bertz CT molecular complexity index is 185. The second-order valence-corrected chi connectivity index (χ2v) is 4.96. The van der Waals surface area contributed by atoms with Gasteiger partial charge in [-0.25, -0.2) is 0 Å². The maximum absolute atomic E-state index is 9.60. The van der Waals surface area contributed by atoms with Gasteiger partial charge in [0.2, 0.25) is 0 Å². The molecule has 2 heteroatoms. The molecule has 1 saturated carbocycles. The Morgan fingerprint density at radius 2 is 2.00 bits per heavy atom. The van der Waals surface area contributed by atoms with E-state index in [4.69, 9.17) is 4.74 Å². The Balaban J connectivity index is 2.15. The number of epoxide rings is 1. The maximum atomic E-state index is 9.60. The first-order valence-corrected chi connectivity index (χ1v) is 4.29. The number of rotatable bonds is 0. The fourth-order valence-electron chi connectivity index (χ4n) is 2.58. The molecule has 3 atom stereocenters. The van der Waals surface area contributed by atoms with Crippen molar-refractivity contribution >= 4 is 0 Å². The number of ether oxygens (including phenoxy) is 1. The van der Waals surface area contributed by atoms with Crippen molar-refractivity contribution in [3.8, 4) is 0 Å². The van der Waals surface area contributed by atoms with Gasteiger partial charge in [-0.15, -0.1) is 0 Å². The van der Waals surface area contributed by atoms with E-state index in [1.165, 1.54) is 0 Å². The minimum atomic E-state index is -0.233. The van der Waals surface area contributed by atoms with E-state index in [1.807, 2.05) is 0 Å². The molecular weight excluding hydrogens is 140 g/mol. The lowest BCUT2D eigenvalue weighted by Crippen LogP contribution is -2.37. The Kier molecular flexibility index (Phi) is 1.24. The minimum Gasteiger partial charge on any atom is -0.390 e. The maximum Gasteiger partial charge on any atom is 0.113 e. The van der Waals surface area contributed by atoms with Crippen LogP contribution in [0.25, 0.3) is 0 Å². The summed E-state index contributed by atoms with van der Waals surface area (Å²) < 4.78 is 5.46. The van der Waals surface area contributed by atoms with Crippen LogP contribution in [0, 0.1) is 5.41 Å². The Hall–Kier alpha value is -0.0800. The Morgan fingerprint density at radius 1 is 1.36 bits per heavy atom. The van der Waals surface area contributed by atoms with Gasteiger partial charge in [-0.3, -0.25) is 0 Å². The highest BCUT2D eigenvalue weighted by atomic mass is 16.6. The molecular formula is C9H16O2. The first-order valence-electron chi connectivity index (χ1n) is 4.29. The first-order chi connectivity index (χ1) is 4.93. The smallest absolute Gasteiger partial charge is 0.113 e. The second kappa shape index (κ2) is 1.80. The van der Waals surface area contributed by atoms with Crippen molar-refractivity contribution in [3.63, 3.8) is 0 Å². The van der Waals surface area contributed by atoms with Crippen LogP contribution in [0.3, 0.4) is 0 Å². The van der Waals surface area contributed by atoms with E-state index in [2.05, 4.69) is 20.8 Å². The zero-order valence-corrected chi connectivity index (χ0v) is 7.42. The summed E-state index contributed by atoms with van der Waals surface area (Å²) in [5.74, 6) is 0. The first kappa shape index (κ1) is 7.56. The van der Waals surface area contributed by atoms with Crippen molar-refractivity contribution in [2.75, 3.05) is 0 Å². The van der Waals surface area contributed by atoms with Crippen molar-refractivity contribution in [3.05, 3.63) is 0 Å². The molecule has 2 rings (SSSR count). The van der Waals surface area contributed by atoms with Gasteiger partial charge in [0.15, 0.2) is 0 Å². The van der Waals surface area contributed by atoms with E-state index in [9.17, 15) is 5.11 Å². The van der Waals surface area contributed by atoms with Gasteiger partial charge < -0.3 is 9.84 Å². The van der Waals surface area contributed by atoms with Crippen LogP contribution in [-0.4, -0.2) is 22.9 Å². The normalized spacial score (nSPS) is 53.5. The summed E-state index contributed by atoms with van der Waals surface area (Å²) in [7, 11) is 0. The number of hydrogen-bond acceptors (Lipinski definition) is 2. The third-order valence-corrected chi connectivity index (χ3v) is 2.88. The zero-order chi connectivity index (χ0) is 8.28. The van der Waals surface area contributed by atoms with Gasteiger partial charge in [0, 0.05) is 0 Å². The molecule has 1 heterocycles. The molecule has 0 amide bonds. The van der Waals surface area contributed by atoms with Gasteiger partial charge in [0.05, 0.1) is 11.7 Å². The SMILES string of the molecule is CC1(C)C[C@H](O)[C@@H]2O[C@]2(C)C1. The average Bonchev–Trinajstić information content (AvgIpc) is 2.36. The van der Waals surface area contributed by atoms with Crippen molar-refractivity contribution in [2.45, 2.75) is 51.4 Å². The summed E-state index contributed by atoms with van der Waals surface area (Å²) in [4.78, 5) is 0. The summed E-state index contributed by atoms with van der Waals surface area (Å²) in [6, 6.07) is 0. The van der Waals surface area contributed by atoms with Gasteiger partial charge >= 0.3 is 0 Å². The Labute approximate surface area is 67.6 Å². The molecule has 2 nitrogen and oxygen atoms in total. The van der Waals surface area contributed by atoms with Crippen LogP contribution in [-0.2, 0) is 4.74 Å². The molecule has 0 aromatic carbocycles.